The van der Waals surface area contributed by atoms with Crippen molar-refractivity contribution in [3.05, 3.63) is 89.2 Å². The van der Waals surface area contributed by atoms with Gasteiger partial charge >= 0.3 is 0 Å². The van der Waals surface area contributed by atoms with E-state index in [-0.39, 0.29) is 18.1 Å². The molecule has 0 saturated carbocycles. The summed E-state index contributed by atoms with van der Waals surface area (Å²) in [6.45, 7) is 6.03. The fourth-order valence-electron chi connectivity index (χ4n) is 3.17. The number of ether oxygens (including phenoxy) is 2. The molecule has 3 aromatic rings. The Bertz CT molecular complexity index is 1010. The Morgan fingerprint density at radius 3 is 2.47 bits per heavy atom. The second kappa shape index (κ2) is 10.1. The maximum absolute atomic E-state index is 14.3. The molecule has 0 N–H and O–H groups in total. The summed E-state index contributed by atoms with van der Waals surface area (Å²) >= 11 is 0. The smallest absolute Gasteiger partial charge is 0.165 e. The van der Waals surface area contributed by atoms with Crippen molar-refractivity contribution in [2.75, 3.05) is 0 Å². The van der Waals surface area contributed by atoms with Crippen LogP contribution in [-0.2, 0) is 17.8 Å². The minimum atomic E-state index is -0.422. The summed E-state index contributed by atoms with van der Waals surface area (Å²) in [5.74, 6) is 1.76. The van der Waals surface area contributed by atoms with Gasteiger partial charge in [0.05, 0.1) is 0 Å². The Labute approximate surface area is 177 Å². The quantitative estimate of drug-likeness (QED) is 0.390. The highest BCUT2D eigenvalue weighted by Crippen LogP contribution is 2.31. The second-order valence-electron chi connectivity index (χ2n) is 7.70. The molecule has 0 radical (unpaired) electrons. The molecule has 0 unspecified atom stereocenters. The molecule has 0 aliphatic heterocycles. The largest absolute Gasteiger partial charge is 0.486 e. The first kappa shape index (κ1) is 21.6. The lowest BCUT2D eigenvalue weighted by atomic mass is 10.0. The Morgan fingerprint density at radius 1 is 0.933 bits per heavy atom. The minimum Gasteiger partial charge on any atom is -0.486 e. The van der Waals surface area contributed by atoms with E-state index in [2.05, 4.69) is 19.9 Å². The highest BCUT2D eigenvalue weighted by molar-refractivity contribution is 5.75. The molecule has 3 aromatic carbocycles. The summed E-state index contributed by atoms with van der Waals surface area (Å²) in [5.41, 5.74) is 2.81. The molecule has 0 heterocycles. The number of aryl methyl sites for hydroxylation is 1. The molecule has 0 atom stereocenters. The van der Waals surface area contributed by atoms with Crippen molar-refractivity contribution < 1.29 is 18.7 Å². The summed E-state index contributed by atoms with van der Waals surface area (Å²) in [6, 6.07) is 20.4. The van der Waals surface area contributed by atoms with Crippen molar-refractivity contribution >= 4 is 5.78 Å². The lowest BCUT2D eigenvalue weighted by Gasteiger charge is -2.14. The monoisotopic (exact) mass is 406 g/mol. The number of benzene rings is 3. The second-order valence-corrected chi connectivity index (χ2v) is 7.70. The molecule has 0 aliphatic rings. The Morgan fingerprint density at radius 2 is 1.73 bits per heavy atom. The van der Waals surface area contributed by atoms with Gasteiger partial charge in [-0.25, -0.2) is 4.39 Å². The normalized spacial score (nSPS) is 10.8. The van der Waals surface area contributed by atoms with E-state index in [9.17, 15) is 9.18 Å². The van der Waals surface area contributed by atoms with Crippen molar-refractivity contribution in [3.8, 4) is 17.2 Å². The van der Waals surface area contributed by atoms with Crippen LogP contribution in [0.1, 0.15) is 49.8 Å². The topological polar surface area (TPSA) is 35.5 Å². The van der Waals surface area contributed by atoms with Gasteiger partial charge in [-0.15, -0.1) is 0 Å². The maximum Gasteiger partial charge on any atom is 0.165 e. The van der Waals surface area contributed by atoms with Crippen LogP contribution in [-0.4, -0.2) is 5.78 Å². The van der Waals surface area contributed by atoms with Crippen molar-refractivity contribution in [2.24, 2.45) is 0 Å². The van der Waals surface area contributed by atoms with Crippen LogP contribution in [0.25, 0.3) is 0 Å². The van der Waals surface area contributed by atoms with Gasteiger partial charge in [-0.2, -0.15) is 0 Å². The highest BCUT2D eigenvalue weighted by Gasteiger charge is 2.09. The molecule has 0 amide bonds. The van der Waals surface area contributed by atoms with Gasteiger partial charge in [-0.05, 0) is 66.3 Å². The fraction of sp³-hybridized carbons (Fsp3) is 0.269. The molecule has 3 rings (SSSR count). The summed E-state index contributed by atoms with van der Waals surface area (Å²) in [4.78, 5) is 11.1. The maximum atomic E-state index is 14.3. The Balaban J connectivity index is 1.65. The van der Waals surface area contributed by atoms with Crippen LogP contribution in [0.2, 0.25) is 0 Å². The van der Waals surface area contributed by atoms with E-state index in [0.29, 0.717) is 24.5 Å². The van der Waals surface area contributed by atoms with Gasteiger partial charge in [0.15, 0.2) is 11.6 Å². The molecule has 3 nitrogen and oxygen atoms in total. The van der Waals surface area contributed by atoms with E-state index < -0.39 is 5.82 Å². The predicted molar refractivity (Wildman–Crippen MR) is 117 cm³/mol. The first-order valence-electron chi connectivity index (χ1n) is 10.2. The van der Waals surface area contributed by atoms with Crippen molar-refractivity contribution in [2.45, 2.75) is 46.1 Å². The molecule has 4 heteroatoms. The Hall–Kier alpha value is -3.14. The molecule has 156 valence electrons. The Kier molecular flexibility index (Phi) is 7.23. The number of halogens is 1. The van der Waals surface area contributed by atoms with Crippen LogP contribution in [0.5, 0.6) is 17.2 Å². The third-order valence-electron chi connectivity index (χ3n) is 4.82. The van der Waals surface area contributed by atoms with Crippen molar-refractivity contribution in [1.29, 1.82) is 0 Å². The minimum absolute atomic E-state index is 0.0915. The number of carbonyl (C=O) groups is 1. The predicted octanol–water partition coefficient (Wildman–Crippen LogP) is 6.84. The first-order valence-corrected chi connectivity index (χ1v) is 10.2. The zero-order valence-electron chi connectivity index (χ0n) is 17.7. The van der Waals surface area contributed by atoms with Gasteiger partial charge in [0.1, 0.15) is 23.9 Å². The third kappa shape index (κ3) is 5.93. The molecule has 30 heavy (non-hydrogen) atoms. The van der Waals surface area contributed by atoms with E-state index >= 15 is 0 Å². The summed E-state index contributed by atoms with van der Waals surface area (Å²) in [5, 5.41) is 0. The third-order valence-corrected chi connectivity index (χ3v) is 4.82. The number of ketones is 1. The van der Waals surface area contributed by atoms with Gasteiger partial charge in [0.25, 0.3) is 0 Å². The van der Waals surface area contributed by atoms with Gasteiger partial charge in [-0.1, -0.05) is 50.2 Å². The van der Waals surface area contributed by atoms with E-state index in [0.717, 1.165) is 22.4 Å². The number of rotatable bonds is 9. The lowest BCUT2D eigenvalue weighted by Crippen LogP contribution is -2.00. The van der Waals surface area contributed by atoms with Gasteiger partial charge in [0.2, 0.25) is 0 Å². The van der Waals surface area contributed by atoms with Crippen LogP contribution < -0.4 is 9.47 Å². The van der Waals surface area contributed by atoms with Crippen LogP contribution in [0.15, 0.2) is 66.7 Å². The number of carbonyl (C=O) groups excluding carboxylic acids is 1. The van der Waals surface area contributed by atoms with Crippen molar-refractivity contribution in [3.63, 3.8) is 0 Å². The van der Waals surface area contributed by atoms with Gasteiger partial charge in [-0.3, -0.25) is 0 Å². The molecule has 0 bridgehead atoms. The molecule has 0 aliphatic carbocycles. The zero-order valence-corrected chi connectivity index (χ0v) is 17.7. The molecular weight excluding hydrogens is 379 g/mol. The van der Waals surface area contributed by atoms with E-state index in [1.807, 2.05) is 42.5 Å². The number of hydrogen-bond acceptors (Lipinski definition) is 3. The summed E-state index contributed by atoms with van der Waals surface area (Å²) in [7, 11) is 0. The van der Waals surface area contributed by atoms with Crippen LogP contribution >= 0.6 is 0 Å². The number of hydrogen-bond donors (Lipinski definition) is 0. The summed E-state index contributed by atoms with van der Waals surface area (Å²) < 4.78 is 26.1. The molecule has 0 fully saturated rings. The van der Waals surface area contributed by atoms with Gasteiger partial charge < -0.3 is 14.3 Å². The number of Topliss-reactive ketones (excluding diaryl/α,β-unsaturated/α-hetero) is 1. The highest BCUT2D eigenvalue weighted by atomic mass is 19.1. The first-order chi connectivity index (χ1) is 14.4. The molecular formula is C26H27FO3. The standard InChI is InChI=1S/C26H27FO3/c1-18(2)23-9-4-5-10-25(23)30-22-8-6-7-21(15-22)17-29-26-14-13-20(16-24(26)27)12-11-19(3)28/h4-10,13-16,18H,11-12,17H2,1-3H3. The average molecular weight is 406 g/mol. The molecule has 0 aromatic heterocycles. The summed E-state index contributed by atoms with van der Waals surface area (Å²) in [6.07, 6.45) is 0.941. The van der Waals surface area contributed by atoms with E-state index in [1.54, 1.807) is 12.1 Å². The van der Waals surface area contributed by atoms with Crippen molar-refractivity contribution in [1.82, 2.24) is 0 Å². The average Bonchev–Trinajstić information content (AvgIpc) is 2.72. The lowest BCUT2D eigenvalue weighted by molar-refractivity contribution is -0.116. The fourth-order valence-corrected chi connectivity index (χ4v) is 3.17. The SMILES string of the molecule is CC(=O)CCc1ccc(OCc2cccc(Oc3ccccc3C(C)C)c2)c(F)c1. The van der Waals surface area contributed by atoms with Gasteiger partial charge in [0, 0.05) is 6.42 Å². The number of para-hydroxylation sites is 1. The molecule has 0 saturated heterocycles. The van der Waals surface area contributed by atoms with E-state index in [4.69, 9.17) is 9.47 Å². The van der Waals surface area contributed by atoms with Crippen LogP contribution in [0, 0.1) is 5.82 Å². The van der Waals surface area contributed by atoms with Crippen LogP contribution in [0.3, 0.4) is 0 Å². The van der Waals surface area contributed by atoms with E-state index in [1.165, 1.54) is 13.0 Å². The molecule has 0 spiro atoms. The zero-order chi connectivity index (χ0) is 21.5. The van der Waals surface area contributed by atoms with Crippen LogP contribution in [0.4, 0.5) is 4.39 Å².